The lowest BCUT2D eigenvalue weighted by Crippen LogP contribution is -2.46. The molecule has 4 heteroatoms. The summed E-state index contributed by atoms with van der Waals surface area (Å²) in [5.74, 6) is 0.573. The Balaban J connectivity index is 1.90. The van der Waals surface area contributed by atoms with Gasteiger partial charge in [0, 0.05) is 24.1 Å². The predicted octanol–water partition coefficient (Wildman–Crippen LogP) is 2.66. The van der Waals surface area contributed by atoms with Crippen LogP contribution in [0, 0.1) is 0 Å². The average Bonchev–Trinajstić information content (AvgIpc) is 2.55. The minimum Gasteiger partial charge on any atom is -0.504 e. The van der Waals surface area contributed by atoms with Gasteiger partial charge in [-0.05, 0) is 29.2 Å². The third kappa shape index (κ3) is 1.95. The van der Waals surface area contributed by atoms with Gasteiger partial charge in [-0.15, -0.1) is 0 Å². The van der Waals surface area contributed by atoms with E-state index in [1.165, 1.54) is 22.8 Å². The van der Waals surface area contributed by atoms with Crippen molar-refractivity contribution in [2.75, 3.05) is 6.61 Å². The van der Waals surface area contributed by atoms with Gasteiger partial charge in [-0.2, -0.15) is 0 Å². The van der Waals surface area contributed by atoms with E-state index in [1.54, 1.807) is 6.07 Å². The number of rotatable bonds is 1. The zero-order chi connectivity index (χ0) is 15.3. The molecule has 3 N–H and O–H groups in total. The van der Waals surface area contributed by atoms with Crippen molar-refractivity contribution in [3.63, 3.8) is 0 Å². The number of aromatic hydroxyl groups is 2. The van der Waals surface area contributed by atoms with E-state index in [4.69, 9.17) is 4.74 Å². The molecule has 0 amide bonds. The third-order valence-electron chi connectivity index (χ3n) is 4.77. The Morgan fingerprint density at radius 1 is 1.14 bits per heavy atom. The van der Waals surface area contributed by atoms with Crippen molar-refractivity contribution in [2.24, 2.45) is 0 Å². The number of hydrogen-bond donors (Lipinski definition) is 3. The van der Waals surface area contributed by atoms with Crippen LogP contribution in [0.15, 0.2) is 30.3 Å². The van der Waals surface area contributed by atoms with E-state index in [0.717, 1.165) is 18.5 Å². The summed E-state index contributed by atoms with van der Waals surface area (Å²) in [6.07, 6.45) is 1.00. The third-order valence-corrected chi connectivity index (χ3v) is 4.77. The maximum Gasteiger partial charge on any atom is 0.161 e. The number of benzene rings is 2. The lowest BCUT2D eigenvalue weighted by molar-refractivity contribution is 0.214. The maximum atomic E-state index is 9.89. The average molecular weight is 297 g/mol. The maximum absolute atomic E-state index is 9.89. The van der Waals surface area contributed by atoms with Crippen molar-refractivity contribution in [1.29, 1.82) is 0 Å². The molecule has 22 heavy (non-hydrogen) atoms. The van der Waals surface area contributed by atoms with Crippen LogP contribution in [-0.2, 0) is 13.0 Å². The van der Waals surface area contributed by atoms with E-state index < -0.39 is 0 Å². The normalized spacial score (nSPS) is 22.2. The molecule has 0 aromatic heterocycles. The zero-order valence-electron chi connectivity index (χ0n) is 12.5. The molecule has 0 fully saturated rings. The highest BCUT2D eigenvalue weighted by Gasteiger charge is 2.37. The van der Waals surface area contributed by atoms with Gasteiger partial charge < -0.3 is 20.3 Å². The SMILES string of the molecule is CCc1ccc2c(c1)[C@H]1c3cc(O)c(O)cc3OC[C@@H]1NC2. The Morgan fingerprint density at radius 2 is 1.95 bits per heavy atom. The molecule has 0 spiro atoms. The van der Waals surface area contributed by atoms with E-state index in [-0.39, 0.29) is 23.5 Å². The topological polar surface area (TPSA) is 61.7 Å². The summed E-state index contributed by atoms with van der Waals surface area (Å²) >= 11 is 0. The van der Waals surface area contributed by atoms with Crippen LogP contribution in [0.2, 0.25) is 0 Å². The summed E-state index contributed by atoms with van der Waals surface area (Å²) in [5.41, 5.74) is 4.85. The summed E-state index contributed by atoms with van der Waals surface area (Å²) in [5, 5.41) is 23.1. The monoisotopic (exact) mass is 297 g/mol. The van der Waals surface area contributed by atoms with Crippen molar-refractivity contribution < 1.29 is 14.9 Å². The Hall–Kier alpha value is -2.20. The largest absolute Gasteiger partial charge is 0.504 e. The van der Waals surface area contributed by atoms with Crippen LogP contribution in [0.1, 0.15) is 35.1 Å². The molecule has 2 aromatic rings. The molecule has 0 unspecified atom stereocenters. The lowest BCUT2D eigenvalue weighted by Gasteiger charge is -2.39. The molecule has 2 aliphatic heterocycles. The van der Waals surface area contributed by atoms with Gasteiger partial charge in [0.25, 0.3) is 0 Å². The van der Waals surface area contributed by atoms with Crippen LogP contribution in [0.5, 0.6) is 17.2 Å². The number of aryl methyl sites for hydroxylation is 1. The molecular weight excluding hydrogens is 278 g/mol. The van der Waals surface area contributed by atoms with Crippen LogP contribution in [0.4, 0.5) is 0 Å². The molecule has 114 valence electrons. The van der Waals surface area contributed by atoms with E-state index in [1.807, 2.05) is 0 Å². The first-order valence-corrected chi connectivity index (χ1v) is 7.71. The molecule has 0 saturated carbocycles. The van der Waals surface area contributed by atoms with Crippen LogP contribution < -0.4 is 10.1 Å². The summed E-state index contributed by atoms with van der Waals surface area (Å²) < 4.78 is 5.77. The van der Waals surface area contributed by atoms with Crippen LogP contribution in [-0.4, -0.2) is 22.9 Å². The molecule has 2 aliphatic rings. The highest BCUT2D eigenvalue weighted by molar-refractivity contribution is 5.56. The predicted molar refractivity (Wildman–Crippen MR) is 83.6 cm³/mol. The van der Waals surface area contributed by atoms with Crippen molar-refractivity contribution in [3.05, 3.63) is 52.6 Å². The van der Waals surface area contributed by atoms with Crippen molar-refractivity contribution in [1.82, 2.24) is 5.32 Å². The second kappa shape index (κ2) is 4.92. The van der Waals surface area contributed by atoms with E-state index >= 15 is 0 Å². The molecule has 4 rings (SSSR count). The molecule has 2 heterocycles. The molecule has 0 aliphatic carbocycles. The number of hydrogen-bond acceptors (Lipinski definition) is 4. The first kappa shape index (κ1) is 13.5. The van der Waals surface area contributed by atoms with Gasteiger partial charge in [0.1, 0.15) is 12.4 Å². The van der Waals surface area contributed by atoms with Crippen molar-refractivity contribution in [3.8, 4) is 17.2 Å². The summed E-state index contributed by atoms with van der Waals surface area (Å²) in [6.45, 7) is 3.56. The molecule has 0 bridgehead atoms. The number of phenols is 2. The Labute approximate surface area is 129 Å². The zero-order valence-corrected chi connectivity index (χ0v) is 12.5. The van der Waals surface area contributed by atoms with E-state index in [0.29, 0.717) is 12.4 Å². The van der Waals surface area contributed by atoms with Gasteiger partial charge in [0.15, 0.2) is 11.5 Å². The fourth-order valence-corrected chi connectivity index (χ4v) is 3.55. The highest BCUT2D eigenvalue weighted by Crippen LogP contribution is 2.45. The first-order chi connectivity index (χ1) is 10.7. The van der Waals surface area contributed by atoms with Gasteiger partial charge >= 0.3 is 0 Å². The first-order valence-electron chi connectivity index (χ1n) is 7.71. The quantitative estimate of drug-likeness (QED) is 0.708. The minimum absolute atomic E-state index is 0.0956. The van der Waals surface area contributed by atoms with Crippen molar-refractivity contribution >= 4 is 0 Å². The van der Waals surface area contributed by atoms with Gasteiger partial charge in [-0.1, -0.05) is 25.1 Å². The van der Waals surface area contributed by atoms with E-state index in [2.05, 4.69) is 30.4 Å². The van der Waals surface area contributed by atoms with Gasteiger partial charge in [-0.25, -0.2) is 0 Å². The number of ether oxygens (including phenoxy) is 1. The van der Waals surface area contributed by atoms with Crippen LogP contribution in [0.25, 0.3) is 0 Å². The van der Waals surface area contributed by atoms with E-state index in [9.17, 15) is 10.2 Å². The molecule has 2 atom stereocenters. The minimum atomic E-state index is -0.136. The van der Waals surface area contributed by atoms with Gasteiger partial charge in [0.2, 0.25) is 0 Å². The summed E-state index contributed by atoms with van der Waals surface area (Å²) in [6, 6.07) is 9.97. The summed E-state index contributed by atoms with van der Waals surface area (Å²) in [4.78, 5) is 0. The fourth-order valence-electron chi connectivity index (χ4n) is 3.55. The Morgan fingerprint density at radius 3 is 2.77 bits per heavy atom. The number of nitrogens with one attached hydrogen (secondary N) is 1. The molecule has 4 nitrogen and oxygen atoms in total. The number of fused-ring (bicyclic) bond motifs is 5. The molecule has 2 aromatic carbocycles. The lowest BCUT2D eigenvalue weighted by atomic mass is 9.78. The fraction of sp³-hybridized carbons (Fsp3) is 0.333. The molecule has 0 radical (unpaired) electrons. The molecule has 0 saturated heterocycles. The second-order valence-electron chi connectivity index (χ2n) is 6.04. The smallest absolute Gasteiger partial charge is 0.161 e. The standard InChI is InChI=1S/C18H19NO3/c1-2-10-3-4-11-8-19-14-9-22-17-7-16(21)15(20)6-13(17)18(14)12(11)5-10/h3-7,14,18-21H,2,8-9H2,1H3/t14-,18-/m0/s1. The molecular formula is C18H19NO3. The summed E-state index contributed by atoms with van der Waals surface area (Å²) in [7, 11) is 0. The number of phenolic OH excluding ortho intramolecular Hbond substituents is 2. The van der Waals surface area contributed by atoms with Crippen LogP contribution in [0.3, 0.4) is 0 Å². The van der Waals surface area contributed by atoms with Gasteiger partial charge in [-0.3, -0.25) is 0 Å². The second-order valence-corrected chi connectivity index (χ2v) is 6.04. The van der Waals surface area contributed by atoms with Crippen LogP contribution >= 0.6 is 0 Å². The Bertz CT molecular complexity index is 741. The van der Waals surface area contributed by atoms with Crippen molar-refractivity contribution in [2.45, 2.75) is 31.8 Å². The Kier molecular flexibility index (Phi) is 3.01. The highest BCUT2D eigenvalue weighted by atomic mass is 16.5. The van der Waals surface area contributed by atoms with Gasteiger partial charge in [0.05, 0.1) is 6.04 Å².